The highest BCUT2D eigenvalue weighted by Crippen LogP contribution is 2.27. The molecule has 25 heavy (non-hydrogen) atoms. The molecule has 0 aliphatic rings. The molecule has 0 atom stereocenters. The minimum Gasteiger partial charge on any atom is -0.320 e. The number of H-pyrrole nitrogens is 1. The molecule has 9 heteroatoms. The number of carbonyl (C=O) groups excluding carboxylic acids is 1. The molecular formula is C16H15N7OS. The number of aromatic amines is 1. The second-order valence-electron chi connectivity index (χ2n) is 5.56. The predicted molar refractivity (Wildman–Crippen MR) is 97.4 cm³/mol. The summed E-state index contributed by atoms with van der Waals surface area (Å²) in [4.78, 5) is 21.5. The third kappa shape index (κ3) is 2.85. The Kier molecular flexibility index (Phi) is 3.69. The normalized spacial score (nSPS) is 11.0. The average Bonchev–Trinajstić information content (AvgIpc) is 3.32. The minimum absolute atomic E-state index is 0.206. The van der Waals surface area contributed by atoms with E-state index in [9.17, 15) is 4.79 Å². The van der Waals surface area contributed by atoms with E-state index in [0.717, 1.165) is 22.2 Å². The van der Waals surface area contributed by atoms with E-state index < -0.39 is 0 Å². The zero-order chi connectivity index (χ0) is 17.4. The smallest absolute Gasteiger partial charge is 0.267 e. The Morgan fingerprint density at radius 1 is 1.28 bits per heavy atom. The van der Waals surface area contributed by atoms with Crippen molar-refractivity contribution < 1.29 is 4.79 Å². The Labute approximate surface area is 146 Å². The van der Waals surface area contributed by atoms with Gasteiger partial charge in [0, 0.05) is 24.8 Å². The molecule has 126 valence electrons. The van der Waals surface area contributed by atoms with Gasteiger partial charge in [-0.1, -0.05) is 17.4 Å². The maximum atomic E-state index is 12.6. The van der Waals surface area contributed by atoms with Gasteiger partial charge in [-0.3, -0.25) is 9.89 Å². The summed E-state index contributed by atoms with van der Waals surface area (Å²) in [7, 11) is 1.88. The molecule has 4 rings (SSSR count). The van der Waals surface area contributed by atoms with E-state index >= 15 is 0 Å². The van der Waals surface area contributed by atoms with Crippen molar-refractivity contribution >= 4 is 44.9 Å². The molecule has 3 N–H and O–H groups in total. The van der Waals surface area contributed by atoms with E-state index in [1.807, 2.05) is 36.9 Å². The van der Waals surface area contributed by atoms with Crippen LogP contribution in [0.2, 0.25) is 0 Å². The molecule has 0 spiro atoms. The third-order valence-corrected chi connectivity index (χ3v) is 4.75. The quantitative estimate of drug-likeness (QED) is 0.523. The topological polar surface area (TPSA) is 101 Å². The Morgan fingerprint density at radius 3 is 2.96 bits per heavy atom. The first-order chi connectivity index (χ1) is 12.1. The highest BCUT2D eigenvalue weighted by molar-refractivity contribution is 7.17. The summed E-state index contributed by atoms with van der Waals surface area (Å²) < 4.78 is 1.84. The van der Waals surface area contributed by atoms with Gasteiger partial charge in [-0.2, -0.15) is 5.10 Å². The molecule has 0 aliphatic heterocycles. The minimum atomic E-state index is -0.206. The first kappa shape index (κ1) is 15.3. The number of anilines is 3. The first-order valence-corrected chi connectivity index (χ1v) is 8.37. The molecule has 3 heterocycles. The first-order valence-electron chi connectivity index (χ1n) is 7.56. The summed E-state index contributed by atoms with van der Waals surface area (Å²) in [6.07, 6.45) is 6.78. The molecule has 0 aliphatic carbocycles. The Balaban J connectivity index is 1.56. The number of aryl methyl sites for hydroxylation is 2. The van der Waals surface area contributed by atoms with Crippen molar-refractivity contribution in [2.24, 2.45) is 7.05 Å². The van der Waals surface area contributed by atoms with Crippen LogP contribution in [0.4, 0.5) is 16.8 Å². The molecule has 0 radical (unpaired) electrons. The molecule has 0 bridgehead atoms. The number of carbonyl (C=O) groups is 1. The zero-order valence-electron chi connectivity index (χ0n) is 13.6. The number of fused-ring (bicyclic) bond motifs is 1. The fourth-order valence-corrected chi connectivity index (χ4v) is 3.19. The van der Waals surface area contributed by atoms with E-state index in [2.05, 4.69) is 30.8 Å². The van der Waals surface area contributed by atoms with Crippen LogP contribution in [0, 0.1) is 6.92 Å². The fraction of sp³-hybridized carbons (Fsp3) is 0.125. The molecule has 8 nitrogen and oxygen atoms in total. The van der Waals surface area contributed by atoms with Crippen LogP contribution in [-0.4, -0.2) is 30.6 Å². The maximum Gasteiger partial charge on any atom is 0.267 e. The summed E-state index contributed by atoms with van der Waals surface area (Å²) in [6, 6.07) is 3.88. The lowest BCUT2D eigenvalue weighted by Gasteiger charge is -2.08. The number of benzene rings is 1. The number of hydrogen-bond donors (Lipinski definition) is 3. The van der Waals surface area contributed by atoms with Gasteiger partial charge in [0.2, 0.25) is 5.95 Å². The van der Waals surface area contributed by atoms with Gasteiger partial charge in [0.25, 0.3) is 5.91 Å². The van der Waals surface area contributed by atoms with Crippen LogP contribution >= 0.6 is 11.3 Å². The van der Waals surface area contributed by atoms with Crippen molar-refractivity contribution in [2.45, 2.75) is 6.92 Å². The molecule has 1 amide bonds. The summed E-state index contributed by atoms with van der Waals surface area (Å²) in [5.74, 6) is 0.461. The van der Waals surface area contributed by atoms with Crippen molar-refractivity contribution in [3.63, 3.8) is 0 Å². The number of rotatable bonds is 4. The van der Waals surface area contributed by atoms with Gasteiger partial charge in [0.1, 0.15) is 4.88 Å². The number of thiazole rings is 1. The van der Waals surface area contributed by atoms with Gasteiger partial charge >= 0.3 is 0 Å². The van der Waals surface area contributed by atoms with Gasteiger partial charge in [0.05, 0.1) is 23.6 Å². The van der Waals surface area contributed by atoms with Gasteiger partial charge in [-0.05, 0) is 18.6 Å². The van der Waals surface area contributed by atoms with Gasteiger partial charge in [-0.15, -0.1) is 0 Å². The number of aromatic nitrogens is 5. The van der Waals surface area contributed by atoms with Crippen molar-refractivity contribution in [1.29, 1.82) is 0 Å². The lowest BCUT2D eigenvalue weighted by molar-refractivity contribution is 0.103. The fourth-order valence-electron chi connectivity index (χ4n) is 2.49. The molecular weight excluding hydrogens is 338 g/mol. The van der Waals surface area contributed by atoms with Gasteiger partial charge in [0.15, 0.2) is 5.13 Å². The second kappa shape index (κ2) is 6.02. The SMILES string of the molecule is Cc1ccc2[nH]ncc2c1NC(=O)c1cnc(Nc2nccn2C)s1. The second-order valence-corrected chi connectivity index (χ2v) is 6.59. The number of nitrogens with zero attached hydrogens (tertiary/aromatic N) is 4. The number of hydrogen-bond acceptors (Lipinski definition) is 6. The Hall–Kier alpha value is -3.20. The summed E-state index contributed by atoms with van der Waals surface area (Å²) in [5.41, 5.74) is 2.60. The molecule has 0 unspecified atom stereocenters. The van der Waals surface area contributed by atoms with Crippen LogP contribution < -0.4 is 10.6 Å². The highest BCUT2D eigenvalue weighted by Gasteiger charge is 2.15. The largest absolute Gasteiger partial charge is 0.320 e. The van der Waals surface area contributed by atoms with E-state index in [1.165, 1.54) is 11.3 Å². The number of imidazole rings is 1. The van der Waals surface area contributed by atoms with Crippen molar-refractivity contribution in [1.82, 2.24) is 24.7 Å². The van der Waals surface area contributed by atoms with Crippen molar-refractivity contribution in [3.8, 4) is 0 Å². The van der Waals surface area contributed by atoms with E-state index in [-0.39, 0.29) is 5.91 Å². The lowest BCUT2D eigenvalue weighted by atomic mass is 10.1. The Bertz CT molecular complexity index is 1060. The van der Waals surface area contributed by atoms with E-state index in [4.69, 9.17) is 0 Å². The van der Waals surface area contributed by atoms with E-state index in [0.29, 0.717) is 16.0 Å². The Morgan fingerprint density at radius 2 is 2.16 bits per heavy atom. The van der Waals surface area contributed by atoms with Gasteiger partial charge < -0.3 is 15.2 Å². The highest BCUT2D eigenvalue weighted by atomic mass is 32.1. The number of amides is 1. The summed E-state index contributed by atoms with van der Waals surface area (Å²) >= 11 is 1.27. The van der Waals surface area contributed by atoms with Crippen LogP contribution in [0.3, 0.4) is 0 Å². The summed E-state index contributed by atoms with van der Waals surface area (Å²) in [6.45, 7) is 1.95. The molecule has 4 aromatic rings. The van der Waals surface area contributed by atoms with Crippen LogP contribution in [0.5, 0.6) is 0 Å². The van der Waals surface area contributed by atoms with Crippen LogP contribution in [0.1, 0.15) is 15.2 Å². The molecule has 0 fully saturated rings. The number of nitrogens with one attached hydrogen (secondary N) is 3. The van der Waals surface area contributed by atoms with Crippen LogP contribution in [0.25, 0.3) is 10.9 Å². The zero-order valence-corrected chi connectivity index (χ0v) is 14.4. The summed E-state index contributed by atoms with van der Waals surface area (Å²) in [5, 5.41) is 14.5. The van der Waals surface area contributed by atoms with Crippen LogP contribution in [0.15, 0.2) is 36.9 Å². The standard InChI is InChI=1S/C16H15N7OS/c1-9-3-4-11-10(7-19-22-11)13(9)20-14(24)12-8-18-16(25-12)21-15-17-5-6-23(15)2/h3-8H,1-2H3,(H,19,22)(H,20,24)(H,17,18,21). The van der Waals surface area contributed by atoms with Gasteiger partial charge in [-0.25, -0.2) is 9.97 Å². The molecule has 3 aromatic heterocycles. The monoisotopic (exact) mass is 353 g/mol. The van der Waals surface area contributed by atoms with Crippen molar-refractivity contribution in [2.75, 3.05) is 10.6 Å². The average molecular weight is 353 g/mol. The molecule has 0 saturated heterocycles. The predicted octanol–water partition coefficient (Wildman–Crippen LogP) is 3.06. The molecule has 1 aromatic carbocycles. The van der Waals surface area contributed by atoms with Crippen molar-refractivity contribution in [3.05, 3.63) is 47.4 Å². The maximum absolute atomic E-state index is 12.6. The lowest BCUT2D eigenvalue weighted by Crippen LogP contribution is -2.11. The van der Waals surface area contributed by atoms with E-state index in [1.54, 1.807) is 18.6 Å². The van der Waals surface area contributed by atoms with Crippen LogP contribution in [-0.2, 0) is 7.05 Å². The molecule has 0 saturated carbocycles. The third-order valence-electron chi connectivity index (χ3n) is 3.84.